The highest BCUT2D eigenvalue weighted by Crippen LogP contribution is 2.36. The maximum Gasteiger partial charge on any atom is 0.137 e. The number of piperidine rings is 1. The van der Waals surface area contributed by atoms with Crippen molar-refractivity contribution < 1.29 is 0 Å². The van der Waals surface area contributed by atoms with Crippen molar-refractivity contribution in [3.63, 3.8) is 0 Å². The van der Waals surface area contributed by atoms with Crippen LogP contribution in [0.3, 0.4) is 0 Å². The van der Waals surface area contributed by atoms with Gasteiger partial charge in [0.2, 0.25) is 0 Å². The summed E-state index contributed by atoms with van der Waals surface area (Å²) in [7, 11) is 0. The van der Waals surface area contributed by atoms with Gasteiger partial charge in [-0.1, -0.05) is 18.2 Å². The molecule has 0 aromatic carbocycles. The van der Waals surface area contributed by atoms with Crippen molar-refractivity contribution in [2.75, 3.05) is 0 Å². The average molecular weight is 369 g/mol. The lowest BCUT2D eigenvalue weighted by Crippen LogP contribution is -2.32. The minimum atomic E-state index is 0.178. The summed E-state index contributed by atoms with van der Waals surface area (Å²) in [6, 6.07) is 16.7. The maximum atomic E-state index is 5.00. The number of imidazole rings is 1. The number of nitrogens with one attached hydrogen (secondary N) is 1. The zero-order valence-corrected chi connectivity index (χ0v) is 15.9. The van der Waals surface area contributed by atoms with Crippen molar-refractivity contribution in [3.8, 4) is 11.4 Å². The molecule has 1 aliphatic rings. The van der Waals surface area contributed by atoms with Crippen LogP contribution in [0.15, 0.2) is 67.1 Å². The summed E-state index contributed by atoms with van der Waals surface area (Å²) in [5.41, 5.74) is 6.44. The Morgan fingerprint density at radius 3 is 2.54 bits per heavy atom. The van der Waals surface area contributed by atoms with Gasteiger partial charge in [-0.05, 0) is 62.1 Å². The van der Waals surface area contributed by atoms with Crippen molar-refractivity contribution >= 4 is 5.65 Å². The van der Waals surface area contributed by atoms with Gasteiger partial charge in [0.15, 0.2) is 0 Å². The third-order valence-corrected chi connectivity index (χ3v) is 5.56. The molecule has 5 nitrogen and oxygen atoms in total. The fraction of sp³-hybridized carbons (Fsp3) is 0.261. The number of rotatable bonds is 3. The zero-order valence-electron chi connectivity index (χ0n) is 15.9. The second-order valence-electron chi connectivity index (χ2n) is 7.40. The molecule has 0 bridgehead atoms. The average Bonchev–Trinajstić information content (AvgIpc) is 3.14. The zero-order chi connectivity index (χ0) is 18.9. The van der Waals surface area contributed by atoms with Crippen LogP contribution in [0.4, 0.5) is 0 Å². The van der Waals surface area contributed by atoms with Crippen LogP contribution in [0.25, 0.3) is 17.0 Å². The first kappa shape index (κ1) is 17.1. The van der Waals surface area contributed by atoms with Crippen LogP contribution in [-0.2, 0) is 0 Å². The predicted molar refractivity (Wildman–Crippen MR) is 110 cm³/mol. The molecular formula is C23H23N5. The summed E-state index contributed by atoms with van der Waals surface area (Å²) in [6.07, 6.45) is 9.10. The van der Waals surface area contributed by atoms with E-state index in [0.717, 1.165) is 47.7 Å². The Labute approximate surface area is 164 Å². The number of hydrogen-bond donors (Lipinski definition) is 1. The van der Waals surface area contributed by atoms with E-state index in [1.54, 1.807) is 0 Å². The Balaban J connectivity index is 1.58. The van der Waals surface area contributed by atoms with Crippen molar-refractivity contribution in [1.82, 2.24) is 24.7 Å². The topological polar surface area (TPSA) is 55.1 Å². The highest BCUT2D eigenvalue weighted by Gasteiger charge is 2.29. The summed E-state index contributed by atoms with van der Waals surface area (Å²) >= 11 is 0. The number of nitrogens with zero attached hydrogens (tertiary/aromatic N) is 4. The number of fused-ring (bicyclic) bond motifs is 1. The first-order valence-corrected chi connectivity index (χ1v) is 9.87. The molecule has 5 rings (SSSR count). The second-order valence-corrected chi connectivity index (χ2v) is 7.40. The normalized spacial score (nSPS) is 19.8. The molecule has 0 radical (unpaired) electrons. The Bertz CT molecular complexity index is 1100. The molecule has 1 N–H and O–H groups in total. The standard InChI is InChI=1S/C23H23N5/c1-16-8-7-14-25-21(16)17-10-6-11-18(26-17)22-23(19-9-2-4-13-24-19)28-15-5-3-12-20(28)27-22/h2-5,7-9,12-15,17-18,26H,6,10-11H2,1H3/t17-,18+/m0/s1. The molecule has 4 aromatic rings. The number of hydrogen-bond acceptors (Lipinski definition) is 4. The first-order valence-electron chi connectivity index (χ1n) is 9.87. The van der Waals surface area contributed by atoms with Gasteiger partial charge in [0.1, 0.15) is 5.65 Å². The van der Waals surface area contributed by atoms with Gasteiger partial charge in [-0.2, -0.15) is 0 Å². The molecule has 0 unspecified atom stereocenters. The van der Waals surface area contributed by atoms with Gasteiger partial charge in [0, 0.05) is 18.6 Å². The Hall–Kier alpha value is -3.05. The van der Waals surface area contributed by atoms with E-state index in [4.69, 9.17) is 4.98 Å². The molecule has 0 amide bonds. The molecule has 140 valence electrons. The Kier molecular flexibility index (Phi) is 4.37. The summed E-state index contributed by atoms with van der Waals surface area (Å²) < 4.78 is 2.15. The van der Waals surface area contributed by atoms with Gasteiger partial charge >= 0.3 is 0 Å². The lowest BCUT2D eigenvalue weighted by molar-refractivity contribution is 0.321. The highest BCUT2D eigenvalue weighted by atomic mass is 15.1. The van der Waals surface area contributed by atoms with E-state index < -0.39 is 0 Å². The number of pyridine rings is 3. The van der Waals surface area contributed by atoms with Crippen LogP contribution in [0.2, 0.25) is 0 Å². The van der Waals surface area contributed by atoms with Crippen molar-refractivity contribution in [1.29, 1.82) is 0 Å². The predicted octanol–water partition coefficient (Wildman–Crippen LogP) is 4.66. The second kappa shape index (κ2) is 7.17. The van der Waals surface area contributed by atoms with Gasteiger partial charge in [0.05, 0.1) is 34.9 Å². The summed E-state index contributed by atoms with van der Waals surface area (Å²) in [6.45, 7) is 2.14. The third-order valence-electron chi connectivity index (χ3n) is 5.56. The van der Waals surface area contributed by atoms with Crippen LogP contribution < -0.4 is 5.32 Å². The third kappa shape index (κ3) is 2.98. The lowest BCUT2D eigenvalue weighted by atomic mass is 9.92. The molecule has 0 saturated carbocycles. The van der Waals surface area contributed by atoms with Crippen LogP contribution in [0, 0.1) is 6.92 Å². The monoisotopic (exact) mass is 369 g/mol. The van der Waals surface area contributed by atoms with Gasteiger partial charge in [-0.15, -0.1) is 0 Å². The summed E-state index contributed by atoms with van der Waals surface area (Å²) in [5, 5.41) is 3.83. The first-order chi connectivity index (χ1) is 13.8. The fourth-order valence-electron chi connectivity index (χ4n) is 4.24. The summed E-state index contributed by atoms with van der Waals surface area (Å²) in [4.78, 5) is 14.3. The van der Waals surface area contributed by atoms with E-state index in [9.17, 15) is 0 Å². The van der Waals surface area contributed by atoms with Crippen molar-refractivity contribution in [2.45, 2.75) is 38.3 Å². The van der Waals surface area contributed by atoms with Crippen molar-refractivity contribution in [2.24, 2.45) is 0 Å². The molecule has 2 atom stereocenters. The van der Waals surface area contributed by atoms with E-state index in [0.29, 0.717) is 0 Å². The molecule has 0 spiro atoms. The number of aryl methyl sites for hydroxylation is 1. The SMILES string of the molecule is Cc1cccnc1[C@@H]1CCC[C@H](c2nc3ccccn3c2-c2ccccn2)N1. The minimum absolute atomic E-state index is 0.178. The number of aromatic nitrogens is 4. The van der Waals surface area contributed by atoms with Gasteiger partial charge in [-0.3, -0.25) is 14.4 Å². The van der Waals surface area contributed by atoms with Crippen LogP contribution in [-0.4, -0.2) is 19.4 Å². The quantitative estimate of drug-likeness (QED) is 0.571. The smallest absolute Gasteiger partial charge is 0.137 e. The maximum absolute atomic E-state index is 5.00. The van der Waals surface area contributed by atoms with E-state index in [-0.39, 0.29) is 12.1 Å². The van der Waals surface area contributed by atoms with Crippen molar-refractivity contribution in [3.05, 3.63) is 84.1 Å². The van der Waals surface area contributed by atoms with E-state index >= 15 is 0 Å². The molecule has 28 heavy (non-hydrogen) atoms. The van der Waals surface area contributed by atoms with E-state index in [2.05, 4.69) is 51.0 Å². The Morgan fingerprint density at radius 2 is 1.71 bits per heavy atom. The fourth-order valence-corrected chi connectivity index (χ4v) is 4.24. The lowest BCUT2D eigenvalue weighted by Gasteiger charge is -2.31. The molecule has 1 aliphatic heterocycles. The molecule has 1 saturated heterocycles. The Morgan fingerprint density at radius 1 is 0.893 bits per heavy atom. The van der Waals surface area contributed by atoms with Gasteiger partial charge in [0.25, 0.3) is 0 Å². The molecule has 0 aliphatic carbocycles. The van der Waals surface area contributed by atoms with E-state index in [1.807, 2.05) is 42.7 Å². The molecule has 5 heteroatoms. The molecular weight excluding hydrogens is 346 g/mol. The van der Waals surface area contributed by atoms with Crippen LogP contribution in [0.1, 0.15) is 48.3 Å². The van der Waals surface area contributed by atoms with Crippen LogP contribution >= 0.6 is 0 Å². The molecule has 4 aromatic heterocycles. The molecule has 5 heterocycles. The van der Waals surface area contributed by atoms with Gasteiger partial charge in [-0.25, -0.2) is 4.98 Å². The largest absolute Gasteiger partial charge is 0.300 e. The minimum Gasteiger partial charge on any atom is -0.300 e. The summed E-state index contributed by atoms with van der Waals surface area (Å²) in [5.74, 6) is 0. The van der Waals surface area contributed by atoms with Gasteiger partial charge < -0.3 is 5.32 Å². The van der Waals surface area contributed by atoms with Crippen LogP contribution in [0.5, 0.6) is 0 Å². The molecule has 1 fully saturated rings. The highest BCUT2D eigenvalue weighted by molar-refractivity contribution is 5.64. The van der Waals surface area contributed by atoms with E-state index in [1.165, 1.54) is 5.56 Å².